The summed E-state index contributed by atoms with van der Waals surface area (Å²) in [5.74, 6) is 0.139. The van der Waals surface area contributed by atoms with E-state index < -0.39 is 21.8 Å². The number of rotatable bonds is 4. The molecule has 1 aliphatic rings. The molecule has 0 amide bonds. The molecule has 1 atom stereocenters. The molecule has 0 radical (unpaired) electrons. The second-order valence-corrected chi connectivity index (χ2v) is 7.42. The molecule has 18 heavy (non-hydrogen) atoms. The average Bonchev–Trinajstić information content (AvgIpc) is 2.24. The lowest BCUT2D eigenvalue weighted by Crippen LogP contribution is -2.51. The first-order valence-electron chi connectivity index (χ1n) is 6.44. The van der Waals surface area contributed by atoms with Crippen molar-refractivity contribution < 1.29 is 8.42 Å². The van der Waals surface area contributed by atoms with Gasteiger partial charge in [0, 0.05) is 5.54 Å². The van der Waals surface area contributed by atoms with Crippen molar-refractivity contribution in [3.05, 3.63) is 0 Å². The highest BCUT2D eigenvalue weighted by Crippen LogP contribution is 2.26. The van der Waals surface area contributed by atoms with Gasteiger partial charge in [0.05, 0.1) is 6.07 Å². The minimum Gasteiger partial charge on any atom is -0.197 e. The minimum absolute atomic E-state index is 0.139. The first kappa shape index (κ1) is 15.4. The Kier molecular flexibility index (Phi) is 5.14. The van der Waals surface area contributed by atoms with Gasteiger partial charge in [-0.1, -0.05) is 19.3 Å². The summed E-state index contributed by atoms with van der Waals surface area (Å²) in [6.07, 6.45) is 5.20. The van der Waals surface area contributed by atoms with Crippen LogP contribution in [0.4, 0.5) is 0 Å². The lowest BCUT2D eigenvalue weighted by atomic mass is 9.85. The summed E-state index contributed by atoms with van der Waals surface area (Å²) >= 11 is 0. The Morgan fingerprint density at radius 3 is 2.22 bits per heavy atom. The molecule has 0 aromatic carbocycles. The third-order valence-corrected chi connectivity index (χ3v) is 4.43. The molecule has 1 rings (SSSR count). The zero-order valence-corrected chi connectivity index (χ0v) is 12.2. The van der Waals surface area contributed by atoms with Crippen LogP contribution in [0.2, 0.25) is 0 Å². The largest absolute Gasteiger partial charge is 0.278 e. The quantitative estimate of drug-likeness (QED) is 0.817. The van der Waals surface area contributed by atoms with E-state index in [4.69, 9.17) is 5.26 Å². The Bertz CT molecular complexity index is 400. The van der Waals surface area contributed by atoms with Crippen LogP contribution in [0, 0.1) is 17.2 Å². The first-order valence-corrected chi connectivity index (χ1v) is 7.93. The smallest absolute Gasteiger partial charge is 0.197 e. The second-order valence-electron chi connectivity index (χ2n) is 5.98. The fourth-order valence-corrected chi connectivity index (χ4v) is 3.74. The lowest BCUT2D eigenvalue weighted by Gasteiger charge is -2.28. The third kappa shape index (κ3) is 5.34. The van der Waals surface area contributed by atoms with Gasteiger partial charge in [-0.3, -0.25) is 0 Å². The highest BCUT2D eigenvalue weighted by Gasteiger charge is 2.29. The molecular formula is C12H23N3O2S. The van der Waals surface area contributed by atoms with Gasteiger partial charge in [0.1, 0.15) is 6.04 Å². The van der Waals surface area contributed by atoms with Gasteiger partial charge in [-0.2, -0.15) is 23.1 Å². The van der Waals surface area contributed by atoms with Crippen LogP contribution in [-0.4, -0.2) is 20.0 Å². The van der Waals surface area contributed by atoms with E-state index in [9.17, 15) is 8.42 Å². The summed E-state index contributed by atoms with van der Waals surface area (Å²) in [7, 11) is -3.62. The molecule has 6 heteroatoms. The summed E-state index contributed by atoms with van der Waals surface area (Å²) in [4.78, 5) is 0. The Balaban J connectivity index is 2.65. The van der Waals surface area contributed by atoms with Crippen LogP contribution in [0.1, 0.15) is 52.9 Å². The standard InChI is InChI=1S/C12H23N3O2S/c1-12(2,3)15-18(16,17)14-11(9-13)10-7-5-4-6-8-10/h10-11,14-15H,4-8H2,1-3H3. The van der Waals surface area contributed by atoms with E-state index in [-0.39, 0.29) is 5.92 Å². The number of nitrogens with zero attached hydrogens (tertiary/aromatic N) is 1. The number of nitriles is 1. The van der Waals surface area contributed by atoms with Gasteiger partial charge in [-0.15, -0.1) is 0 Å². The van der Waals surface area contributed by atoms with Crippen molar-refractivity contribution in [3.8, 4) is 6.07 Å². The van der Waals surface area contributed by atoms with Crippen molar-refractivity contribution in [1.29, 1.82) is 5.26 Å². The maximum absolute atomic E-state index is 11.9. The lowest BCUT2D eigenvalue weighted by molar-refractivity contribution is 0.322. The minimum atomic E-state index is -3.62. The maximum Gasteiger partial charge on any atom is 0.278 e. The average molecular weight is 273 g/mol. The highest BCUT2D eigenvalue weighted by molar-refractivity contribution is 7.87. The Morgan fingerprint density at radius 2 is 1.78 bits per heavy atom. The molecule has 0 saturated heterocycles. The molecule has 2 N–H and O–H groups in total. The fourth-order valence-electron chi connectivity index (χ4n) is 2.30. The zero-order chi connectivity index (χ0) is 13.8. The normalized spacial score (nSPS) is 20.3. The van der Waals surface area contributed by atoms with E-state index >= 15 is 0 Å². The van der Waals surface area contributed by atoms with Gasteiger partial charge < -0.3 is 0 Å². The molecule has 0 spiro atoms. The molecule has 0 aromatic heterocycles. The Labute approximate surface area is 110 Å². The van der Waals surface area contributed by atoms with Gasteiger partial charge >= 0.3 is 0 Å². The van der Waals surface area contributed by atoms with Crippen LogP contribution in [-0.2, 0) is 10.2 Å². The topological polar surface area (TPSA) is 82.0 Å². The van der Waals surface area contributed by atoms with Crippen molar-refractivity contribution in [3.63, 3.8) is 0 Å². The van der Waals surface area contributed by atoms with E-state index in [0.29, 0.717) is 0 Å². The molecule has 0 aliphatic heterocycles. The summed E-state index contributed by atoms with van der Waals surface area (Å²) < 4.78 is 28.7. The molecule has 5 nitrogen and oxygen atoms in total. The van der Waals surface area contributed by atoms with Crippen LogP contribution in [0.5, 0.6) is 0 Å². The van der Waals surface area contributed by atoms with Gasteiger partial charge in [0.15, 0.2) is 0 Å². The van der Waals surface area contributed by atoms with E-state index in [1.807, 2.05) is 0 Å². The van der Waals surface area contributed by atoms with Crippen molar-refractivity contribution >= 4 is 10.2 Å². The van der Waals surface area contributed by atoms with E-state index in [1.165, 1.54) is 6.42 Å². The third-order valence-electron chi connectivity index (χ3n) is 2.98. The zero-order valence-electron chi connectivity index (χ0n) is 11.4. The van der Waals surface area contributed by atoms with E-state index in [1.54, 1.807) is 20.8 Å². The molecule has 0 aromatic rings. The van der Waals surface area contributed by atoms with Crippen LogP contribution in [0.3, 0.4) is 0 Å². The van der Waals surface area contributed by atoms with Crippen LogP contribution < -0.4 is 9.44 Å². The second kappa shape index (κ2) is 6.00. The van der Waals surface area contributed by atoms with Gasteiger partial charge in [0.2, 0.25) is 0 Å². The summed E-state index contributed by atoms with van der Waals surface area (Å²) in [6.45, 7) is 5.32. The first-order chi connectivity index (χ1) is 8.23. The predicted molar refractivity (Wildman–Crippen MR) is 70.9 cm³/mol. The van der Waals surface area contributed by atoms with Crippen LogP contribution in [0.15, 0.2) is 0 Å². The van der Waals surface area contributed by atoms with Gasteiger partial charge in [-0.05, 0) is 39.5 Å². The molecule has 1 aliphatic carbocycles. The summed E-state index contributed by atoms with van der Waals surface area (Å²) in [5.41, 5.74) is -0.543. The number of hydrogen-bond acceptors (Lipinski definition) is 3. The molecule has 1 fully saturated rings. The SMILES string of the molecule is CC(C)(C)NS(=O)(=O)NC(C#N)C1CCCCC1. The molecule has 1 saturated carbocycles. The molecular weight excluding hydrogens is 250 g/mol. The predicted octanol–water partition coefficient (Wildman–Crippen LogP) is 1.68. The highest BCUT2D eigenvalue weighted by atomic mass is 32.2. The van der Waals surface area contributed by atoms with Crippen molar-refractivity contribution in [2.45, 2.75) is 64.5 Å². The van der Waals surface area contributed by atoms with E-state index in [2.05, 4.69) is 15.5 Å². The maximum atomic E-state index is 11.9. The van der Waals surface area contributed by atoms with Crippen molar-refractivity contribution in [1.82, 2.24) is 9.44 Å². The monoisotopic (exact) mass is 273 g/mol. The summed E-state index contributed by atoms with van der Waals surface area (Å²) in [6, 6.07) is 1.46. The summed E-state index contributed by atoms with van der Waals surface area (Å²) in [5, 5.41) is 9.14. The van der Waals surface area contributed by atoms with Crippen molar-refractivity contribution in [2.24, 2.45) is 5.92 Å². The fraction of sp³-hybridized carbons (Fsp3) is 0.917. The Hall–Kier alpha value is -0.640. The van der Waals surface area contributed by atoms with E-state index in [0.717, 1.165) is 25.7 Å². The number of nitrogens with one attached hydrogen (secondary N) is 2. The number of hydrogen-bond donors (Lipinski definition) is 2. The van der Waals surface area contributed by atoms with Crippen LogP contribution in [0.25, 0.3) is 0 Å². The Morgan fingerprint density at radius 1 is 1.22 bits per heavy atom. The van der Waals surface area contributed by atoms with Crippen LogP contribution >= 0.6 is 0 Å². The van der Waals surface area contributed by atoms with Gasteiger partial charge in [-0.25, -0.2) is 0 Å². The van der Waals surface area contributed by atoms with Gasteiger partial charge in [0.25, 0.3) is 10.2 Å². The molecule has 0 bridgehead atoms. The van der Waals surface area contributed by atoms with Crippen molar-refractivity contribution in [2.75, 3.05) is 0 Å². The molecule has 0 heterocycles. The molecule has 1 unspecified atom stereocenters. The molecule has 104 valence electrons.